The molecule has 0 spiro atoms. The molecule has 2 saturated heterocycles. The van der Waals surface area contributed by atoms with Crippen LogP contribution in [-0.4, -0.2) is 75.9 Å². The summed E-state index contributed by atoms with van der Waals surface area (Å²) in [7, 11) is 5.00. The van der Waals surface area contributed by atoms with Crippen LogP contribution in [0.4, 0.5) is 0 Å². The number of fused-ring (bicyclic) bond motifs is 8. The van der Waals surface area contributed by atoms with Crippen LogP contribution in [0.2, 0.25) is 0 Å². The molecule has 2 fully saturated rings. The van der Waals surface area contributed by atoms with E-state index in [4.69, 9.17) is 18.9 Å². The van der Waals surface area contributed by atoms with E-state index >= 15 is 0 Å². The Bertz CT molecular complexity index is 1110. The normalized spacial score (nSPS) is 24.8. The topological polar surface area (TPSA) is 72.5 Å². The van der Waals surface area contributed by atoms with Gasteiger partial charge in [0.2, 0.25) is 5.91 Å². The Kier molecular flexibility index (Phi) is 8.59. The van der Waals surface area contributed by atoms with Crippen LogP contribution < -0.4 is 24.3 Å². The maximum Gasteiger partial charge on any atom is 0.234 e. The molecular weight excluding hydrogens is 482 g/mol. The van der Waals surface area contributed by atoms with Crippen molar-refractivity contribution in [3.05, 3.63) is 47.5 Å². The Balaban J connectivity index is 1.36. The summed E-state index contributed by atoms with van der Waals surface area (Å²) in [6.45, 7) is 4.15. The number of nitrogens with one attached hydrogen (secondary N) is 1. The Morgan fingerprint density at radius 1 is 1.00 bits per heavy atom. The summed E-state index contributed by atoms with van der Waals surface area (Å²) in [6, 6.07) is 13.2. The number of carbonyl (C=O) groups excluding carboxylic acids is 1. The van der Waals surface area contributed by atoms with Crippen LogP contribution in [0.15, 0.2) is 36.4 Å². The van der Waals surface area contributed by atoms with E-state index < -0.39 is 0 Å². The third-order valence-corrected chi connectivity index (χ3v) is 8.32. The van der Waals surface area contributed by atoms with Crippen LogP contribution in [-0.2, 0) is 11.3 Å². The summed E-state index contributed by atoms with van der Waals surface area (Å²) < 4.78 is 23.0. The molecule has 0 unspecified atom stereocenters. The first kappa shape index (κ1) is 26.6. The van der Waals surface area contributed by atoms with Gasteiger partial charge in [0.05, 0.1) is 34.5 Å². The van der Waals surface area contributed by atoms with Crippen LogP contribution in [0.1, 0.15) is 49.3 Å². The first-order valence-electron chi connectivity index (χ1n) is 13.9. The number of hydrogen-bond acceptors (Lipinski definition) is 7. The molecule has 8 nitrogen and oxygen atoms in total. The highest BCUT2D eigenvalue weighted by Crippen LogP contribution is 2.46. The van der Waals surface area contributed by atoms with E-state index in [1.807, 2.05) is 24.3 Å². The van der Waals surface area contributed by atoms with Crippen molar-refractivity contribution in [2.75, 3.05) is 54.1 Å². The highest BCUT2D eigenvalue weighted by Gasteiger charge is 2.44. The van der Waals surface area contributed by atoms with Crippen molar-refractivity contribution in [3.8, 4) is 23.0 Å². The van der Waals surface area contributed by atoms with Crippen molar-refractivity contribution in [1.29, 1.82) is 0 Å². The quantitative estimate of drug-likeness (QED) is 0.635. The Hall–Kier alpha value is -2.97. The smallest absolute Gasteiger partial charge is 0.234 e. The molecule has 1 amide bonds. The zero-order valence-corrected chi connectivity index (χ0v) is 22.9. The average molecular weight is 524 g/mol. The standard InChI is InChI=1S/C30H41N3O5/c1-35-26-12-11-21-17-28(26)38-15-5-4-13-32(19-22-8-6-10-27(36-2)30(22)37-3)20-29(34)31-18-23-16-25(21)33-14-7-9-24(23)33/h6,8,10-12,17,23-25H,4-5,7,9,13-16,18-20H2,1-3H3,(H,31,34)/t23-,24+,25-/m1/s1. The number of ether oxygens (including phenoxy) is 4. The second kappa shape index (κ2) is 12.3. The molecule has 2 aromatic rings. The molecule has 8 heteroatoms. The van der Waals surface area contributed by atoms with Gasteiger partial charge in [-0.15, -0.1) is 0 Å². The zero-order chi connectivity index (χ0) is 26.5. The summed E-state index contributed by atoms with van der Waals surface area (Å²) in [5.41, 5.74) is 2.29. The lowest BCUT2D eigenvalue weighted by molar-refractivity contribution is -0.122. The Labute approximate surface area is 226 Å². The summed E-state index contributed by atoms with van der Waals surface area (Å²) >= 11 is 0. The molecule has 2 aromatic carbocycles. The monoisotopic (exact) mass is 523 g/mol. The molecular formula is C30H41N3O5. The van der Waals surface area contributed by atoms with Gasteiger partial charge in [0, 0.05) is 30.7 Å². The van der Waals surface area contributed by atoms with Gasteiger partial charge in [-0.05, 0) is 74.9 Å². The van der Waals surface area contributed by atoms with Crippen molar-refractivity contribution in [2.45, 2.75) is 50.7 Å². The molecule has 3 atom stereocenters. The van der Waals surface area contributed by atoms with Gasteiger partial charge in [-0.25, -0.2) is 0 Å². The first-order chi connectivity index (χ1) is 18.6. The molecule has 3 heterocycles. The van der Waals surface area contributed by atoms with Crippen LogP contribution >= 0.6 is 0 Å². The summed E-state index contributed by atoms with van der Waals surface area (Å²) in [5, 5.41) is 3.29. The number of benzene rings is 2. The molecule has 1 N–H and O–H groups in total. The molecule has 3 aliphatic rings. The van der Waals surface area contributed by atoms with E-state index in [0.717, 1.165) is 55.2 Å². The third-order valence-electron chi connectivity index (χ3n) is 8.32. The number of rotatable bonds is 5. The highest BCUT2D eigenvalue weighted by atomic mass is 16.5. The molecule has 5 rings (SSSR count). The largest absolute Gasteiger partial charge is 0.493 e. The molecule has 0 aromatic heterocycles. The lowest BCUT2D eigenvalue weighted by Gasteiger charge is -2.25. The minimum absolute atomic E-state index is 0.0786. The second-order valence-corrected chi connectivity index (χ2v) is 10.6. The predicted octanol–water partition coefficient (Wildman–Crippen LogP) is 4.03. The molecule has 0 aliphatic carbocycles. The number of hydrogen-bond donors (Lipinski definition) is 1. The van der Waals surface area contributed by atoms with E-state index in [1.54, 1.807) is 21.3 Å². The number of nitrogens with zero attached hydrogens (tertiary/aromatic N) is 2. The van der Waals surface area contributed by atoms with Gasteiger partial charge in [-0.1, -0.05) is 18.2 Å². The maximum absolute atomic E-state index is 13.2. The molecule has 3 aliphatic heterocycles. The Morgan fingerprint density at radius 2 is 1.87 bits per heavy atom. The number of amides is 1. The summed E-state index contributed by atoms with van der Waals surface area (Å²) in [4.78, 5) is 18.0. The number of carbonyl (C=O) groups is 1. The molecule has 38 heavy (non-hydrogen) atoms. The molecule has 0 radical (unpaired) electrons. The van der Waals surface area contributed by atoms with E-state index in [1.165, 1.54) is 18.4 Å². The van der Waals surface area contributed by atoms with Crippen molar-refractivity contribution in [1.82, 2.24) is 15.1 Å². The van der Waals surface area contributed by atoms with Crippen molar-refractivity contribution in [2.24, 2.45) is 5.92 Å². The fraction of sp³-hybridized carbons (Fsp3) is 0.567. The fourth-order valence-electron chi connectivity index (χ4n) is 6.50. The van der Waals surface area contributed by atoms with E-state index in [0.29, 0.717) is 50.0 Å². The lowest BCUT2D eigenvalue weighted by atomic mass is 9.94. The SMILES string of the molecule is COc1ccc2cc1OCCCCN(Cc1cccc(OC)c1OC)CC(=O)NC[C@H]1C[C@H]2N2CCC[C@@H]12. The van der Waals surface area contributed by atoms with Gasteiger partial charge in [-0.3, -0.25) is 14.6 Å². The van der Waals surface area contributed by atoms with Crippen LogP contribution in [0, 0.1) is 5.92 Å². The van der Waals surface area contributed by atoms with E-state index in [2.05, 4.69) is 27.2 Å². The van der Waals surface area contributed by atoms with Crippen LogP contribution in [0.5, 0.6) is 23.0 Å². The van der Waals surface area contributed by atoms with Gasteiger partial charge in [0.25, 0.3) is 0 Å². The van der Waals surface area contributed by atoms with Gasteiger partial charge >= 0.3 is 0 Å². The zero-order valence-electron chi connectivity index (χ0n) is 22.9. The van der Waals surface area contributed by atoms with Crippen molar-refractivity contribution >= 4 is 5.91 Å². The van der Waals surface area contributed by atoms with Crippen molar-refractivity contribution in [3.63, 3.8) is 0 Å². The predicted molar refractivity (Wildman–Crippen MR) is 146 cm³/mol. The summed E-state index contributed by atoms with van der Waals surface area (Å²) in [6.07, 6.45) is 5.23. The van der Waals surface area contributed by atoms with E-state index in [-0.39, 0.29) is 5.91 Å². The highest BCUT2D eigenvalue weighted by molar-refractivity contribution is 5.78. The van der Waals surface area contributed by atoms with Gasteiger partial charge < -0.3 is 24.3 Å². The number of methoxy groups -OCH3 is 3. The molecule has 4 bridgehead atoms. The maximum atomic E-state index is 13.2. The van der Waals surface area contributed by atoms with E-state index in [9.17, 15) is 4.79 Å². The molecule has 206 valence electrons. The minimum Gasteiger partial charge on any atom is -0.493 e. The first-order valence-corrected chi connectivity index (χ1v) is 13.9. The fourth-order valence-corrected chi connectivity index (χ4v) is 6.50. The lowest BCUT2D eigenvalue weighted by Crippen LogP contribution is -2.41. The molecule has 0 saturated carbocycles. The second-order valence-electron chi connectivity index (χ2n) is 10.6. The average Bonchev–Trinajstić information content (AvgIpc) is 3.54. The third kappa shape index (κ3) is 5.71. The number of para-hydroxylation sites is 1. The Morgan fingerprint density at radius 3 is 2.68 bits per heavy atom. The van der Waals surface area contributed by atoms with Gasteiger partial charge in [0.1, 0.15) is 0 Å². The minimum atomic E-state index is 0.0786. The summed E-state index contributed by atoms with van der Waals surface area (Å²) in [5.74, 6) is 3.54. The van der Waals surface area contributed by atoms with Crippen LogP contribution in [0.3, 0.4) is 0 Å². The van der Waals surface area contributed by atoms with Gasteiger partial charge in [0.15, 0.2) is 23.0 Å². The van der Waals surface area contributed by atoms with Crippen molar-refractivity contribution < 1.29 is 23.7 Å². The van der Waals surface area contributed by atoms with Crippen LogP contribution in [0.25, 0.3) is 0 Å². The van der Waals surface area contributed by atoms with Gasteiger partial charge in [-0.2, -0.15) is 0 Å².